The van der Waals surface area contributed by atoms with E-state index in [0.29, 0.717) is 3.83 Å². The molecule has 0 aliphatic heterocycles. The van der Waals surface area contributed by atoms with Gasteiger partial charge in [0.05, 0.1) is 6.20 Å². The zero-order valence-corrected chi connectivity index (χ0v) is 5.53. The smallest absolute Gasteiger partial charge is 0.205 e. The third-order valence-electron chi connectivity index (χ3n) is 0.578. The summed E-state index contributed by atoms with van der Waals surface area (Å²) >= 11 is 1.92. The minimum absolute atomic E-state index is 0.581. The van der Waals surface area contributed by atoms with Crippen molar-refractivity contribution in [3.05, 3.63) is 16.2 Å². The summed E-state index contributed by atoms with van der Waals surface area (Å²) in [5.74, 6) is 0. The van der Waals surface area contributed by atoms with Gasteiger partial charge in [0.2, 0.25) is 3.83 Å². The first kappa shape index (κ1) is 4.89. The standard InChI is InChI=1S/C3H3IN2O/c4-3-5-1-2-6(3)7/h1-2,7H. The van der Waals surface area contributed by atoms with Crippen LogP contribution in [0.2, 0.25) is 0 Å². The summed E-state index contributed by atoms with van der Waals surface area (Å²) in [7, 11) is 0. The number of hydrogen-bond acceptors (Lipinski definition) is 2. The van der Waals surface area contributed by atoms with Crippen LogP contribution in [0.5, 0.6) is 0 Å². The zero-order chi connectivity index (χ0) is 5.28. The molecule has 1 heterocycles. The van der Waals surface area contributed by atoms with Crippen LogP contribution in [0.15, 0.2) is 12.4 Å². The van der Waals surface area contributed by atoms with E-state index in [1.165, 1.54) is 12.4 Å². The van der Waals surface area contributed by atoms with Crippen molar-refractivity contribution in [1.29, 1.82) is 0 Å². The van der Waals surface area contributed by atoms with Gasteiger partial charge in [0.15, 0.2) is 0 Å². The Hall–Kier alpha value is -0.260. The molecule has 0 radical (unpaired) electrons. The van der Waals surface area contributed by atoms with Crippen molar-refractivity contribution >= 4 is 22.6 Å². The molecule has 1 rings (SSSR count). The monoisotopic (exact) mass is 210 g/mol. The molecule has 0 amide bonds. The molecule has 0 unspecified atom stereocenters. The van der Waals surface area contributed by atoms with Gasteiger partial charge in [-0.15, -0.1) is 0 Å². The van der Waals surface area contributed by atoms with Crippen molar-refractivity contribution in [2.75, 3.05) is 0 Å². The van der Waals surface area contributed by atoms with Crippen LogP contribution < -0.4 is 0 Å². The number of aromatic nitrogens is 2. The maximum absolute atomic E-state index is 8.61. The summed E-state index contributed by atoms with van der Waals surface area (Å²) in [6.45, 7) is 0. The predicted octanol–water partition coefficient (Wildman–Crippen LogP) is 0.725. The Morgan fingerprint density at radius 1 is 1.86 bits per heavy atom. The molecule has 3 nitrogen and oxygen atoms in total. The van der Waals surface area contributed by atoms with Crippen LogP contribution >= 0.6 is 22.6 Å². The van der Waals surface area contributed by atoms with E-state index in [2.05, 4.69) is 4.98 Å². The molecule has 0 aliphatic rings. The molecule has 38 valence electrons. The summed E-state index contributed by atoms with van der Waals surface area (Å²) in [5.41, 5.74) is 0. The normalized spacial score (nSPS) is 9.29. The Kier molecular flexibility index (Phi) is 1.18. The molecule has 4 heteroatoms. The van der Waals surface area contributed by atoms with Crippen molar-refractivity contribution in [3.63, 3.8) is 0 Å². The molecular formula is C3H3IN2O. The number of halogens is 1. The Bertz CT molecular complexity index is 145. The average Bonchev–Trinajstić information content (AvgIpc) is 1.91. The van der Waals surface area contributed by atoms with Gasteiger partial charge in [-0.1, -0.05) is 0 Å². The van der Waals surface area contributed by atoms with Crippen LogP contribution in [-0.4, -0.2) is 14.9 Å². The second-order valence-electron chi connectivity index (χ2n) is 1.04. The maximum atomic E-state index is 8.61. The third kappa shape index (κ3) is 0.846. The van der Waals surface area contributed by atoms with Gasteiger partial charge >= 0.3 is 0 Å². The predicted molar refractivity (Wildman–Crippen MR) is 32.1 cm³/mol. The summed E-state index contributed by atoms with van der Waals surface area (Å²) in [5, 5.41) is 8.61. The fraction of sp³-hybridized carbons (Fsp3) is 0. The first-order valence-electron chi connectivity index (χ1n) is 1.69. The van der Waals surface area contributed by atoms with Crippen LogP contribution in [0.3, 0.4) is 0 Å². The molecule has 1 aromatic rings. The van der Waals surface area contributed by atoms with E-state index in [1.807, 2.05) is 22.6 Å². The van der Waals surface area contributed by atoms with Gasteiger partial charge in [-0.3, -0.25) is 0 Å². The lowest BCUT2D eigenvalue weighted by molar-refractivity contribution is 0.178. The van der Waals surface area contributed by atoms with Gasteiger partial charge in [0.1, 0.15) is 0 Å². The minimum atomic E-state index is 0.581. The molecule has 0 saturated heterocycles. The van der Waals surface area contributed by atoms with Gasteiger partial charge in [-0.05, 0) is 0 Å². The SMILES string of the molecule is On1ccnc1I. The van der Waals surface area contributed by atoms with Crippen molar-refractivity contribution in [2.24, 2.45) is 0 Å². The second kappa shape index (κ2) is 1.69. The van der Waals surface area contributed by atoms with Crippen LogP contribution in [0.4, 0.5) is 0 Å². The second-order valence-corrected chi connectivity index (χ2v) is 2.01. The topological polar surface area (TPSA) is 38.0 Å². The molecule has 0 atom stereocenters. The molecule has 0 saturated carbocycles. The van der Waals surface area contributed by atoms with Gasteiger partial charge in [-0.25, -0.2) is 4.98 Å². The molecule has 0 bridgehead atoms. The van der Waals surface area contributed by atoms with E-state index in [4.69, 9.17) is 5.21 Å². The van der Waals surface area contributed by atoms with Crippen molar-refractivity contribution < 1.29 is 5.21 Å². The summed E-state index contributed by atoms with van der Waals surface area (Å²) in [6, 6.07) is 0. The van der Waals surface area contributed by atoms with E-state index >= 15 is 0 Å². The fourth-order valence-corrected chi connectivity index (χ4v) is 0.600. The molecule has 0 aromatic carbocycles. The van der Waals surface area contributed by atoms with Gasteiger partial charge in [-0.2, -0.15) is 4.73 Å². The molecule has 1 aromatic heterocycles. The minimum Gasteiger partial charge on any atom is -0.426 e. The van der Waals surface area contributed by atoms with E-state index in [1.54, 1.807) is 0 Å². The number of rotatable bonds is 0. The highest BCUT2D eigenvalue weighted by Gasteiger charge is 1.89. The first-order valence-corrected chi connectivity index (χ1v) is 2.76. The summed E-state index contributed by atoms with van der Waals surface area (Å²) < 4.78 is 1.54. The van der Waals surface area contributed by atoms with E-state index < -0.39 is 0 Å². The maximum Gasteiger partial charge on any atom is 0.205 e. The highest BCUT2D eigenvalue weighted by Crippen LogP contribution is 1.95. The third-order valence-corrected chi connectivity index (χ3v) is 1.35. The highest BCUT2D eigenvalue weighted by molar-refractivity contribution is 14.1. The number of hydrogen-bond donors (Lipinski definition) is 1. The highest BCUT2D eigenvalue weighted by atomic mass is 127. The molecular weight excluding hydrogens is 207 g/mol. The Balaban J connectivity index is 3.12. The zero-order valence-electron chi connectivity index (χ0n) is 3.37. The molecule has 0 aliphatic carbocycles. The largest absolute Gasteiger partial charge is 0.426 e. The van der Waals surface area contributed by atoms with Crippen LogP contribution in [0, 0.1) is 3.83 Å². The Morgan fingerprint density at radius 2 is 2.57 bits per heavy atom. The molecule has 0 fully saturated rings. The number of nitrogens with zero attached hydrogens (tertiary/aromatic N) is 2. The number of imidazole rings is 1. The van der Waals surface area contributed by atoms with Crippen molar-refractivity contribution in [3.8, 4) is 0 Å². The van der Waals surface area contributed by atoms with Crippen molar-refractivity contribution in [2.45, 2.75) is 0 Å². The lowest BCUT2D eigenvalue weighted by atomic mass is 11.0. The van der Waals surface area contributed by atoms with Crippen LogP contribution in [-0.2, 0) is 0 Å². The fourth-order valence-electron chi connectivity index (χ4n) is 0.279. The quantitative estimate of drug-likeness (QED) is 0.506. The Labute approximate surface area is 54.1 Å². The molecule has 0 spiro atoms. The lowest BCUT2D eigenvalue weighted by Gasteiger charge is -1.84. The Morgan fingerprint density at radius 3 is 2.71 bits per heavy atom. The summed E-state index contributed by atoms with van der Waals surface area (Å²) in [6.07, 6.45) is 3.00. The lowest BCUT2D eigenvalue weighted by Crippen LogP contribution is -1.88. The molecule has 7 heavy (non-hydrogen) atoms. The molecule has 1 N–H and O–H groups in total. The van der Waals surface area contributed by atoms with Crippen LogP contribution in [0.25, 0.3) is 0 Å². The first-order chi connectivity index (χ1) is 3.30. The van der Waals surface area contributed by atoms with Gasteiger partial charge in [0, 0.05) is 28.8 Å². The van der Waals surface area contributed by atoms with Crippen LogP contribution in [0.1, 0.15) is 0 Å². The van der Waals surface area contributed by atoms with E-state index in [9.17, 15) is 0 Å². The summed E-state index contributed by atoms with van der Waals surface area (Å²) in [4.78, 5) is 3.72. The van der Waals surface area contributed by atoms with E-state index in [-0.39, 0.29) is 0 Å². The average molecular weight is 210 g/mol. The van der Waals surface area contributed by atoms with Gasteiger partial charge in [0.25, 0.3) is 0 Å². The van der Waals surface area contributed by atoms with Crippen molar-refractivity contribution in [1.82, 2.24) is 9.71 Å². The van der Waals surface area contributed by atoms with Gasteiger partial charge < -0.3 is 5.21 Å². The van der Waals surface area contributed by atoms with E-state index in [0.717, 1.165) is 4.73 Å².